The summed E-state index contributed by atoms with van der Waals surface area (Å²) in [5.41, 5.74) is 2.43. The molecule has 1 aromatic heterocycles. The van der Waals surface area contributed by atoms with E-state index in [0.29, 0.717) is 38.4 Å². The standard InChI is InChI=1S/C21H29F2N5O.HI/c1-4-24-21(25-9-5-6-18-15(2)26-29-16(18)3)28-12-10-27(11-13-28)20-14-17(22)7-8-19(20)23;/h7-8,14H,4-6,9-13H2,1-3H3,(H,24,25);1H. The Hall–Kier alpha value is -1.91. The maximum atomic E-state index is 14.0. The summed E-state index contributed by atoms with van der Waals surface area (Å²) in [5.74, 6) is 0.932. The predicted molar refractivity (Wildman–Crippen MR) is 126 cm³/mol. The van der Waals surface area contributed by atoms with E-state index < -0.39 is 5.82 Å². The van der Waals surface area contributed by atoms with Gasteiger partial charge in [-0.3, -0.25) is 4.99 Å². The first kappa shape index (κ1) is 24.4. The highest BCUT2D eigenvalue weighted by Gasteiger charge is 2.22. The lowest BCUT2D eigenvalue weighted by atomic mass is 10.1. The van der Waals surface area contributed by atoms with Crippen LogP contribution in [0.1, 0.15) is 30.4 Å². The van der Waals surface area contributed by atoms with Crippen molar-refractivity contribution in [2.45, 2.75) is 33.6 Å². The van der Waals surface area contributed by atoms with E-state index in [4.69, 9.17) is 9.52 Å². The fraction of sp³-hybridized carbons (Fsp3) is 0.524. The molecule has 0 saturated carbocycles. The summed E-state index contributed by atoms with van der Waals surface area (Å²) < 4.78 is 32.7. The third-order valence-corrected chi connectivity index (χ3v) is 5.19. The number of aliphatic imine (C=N–C) groups is 1. The number of hydrogen-bond donors (Lipinski definition) is 1. The summed E-state index contributed by atoms with van der Waals surface area (Å²) in [6.45, 7) is 10.0. The number of aromatic nitrogens is 1. The van der Waals surface area contributed by atoms with E-state index in [1.54, 1.807) is 0 Å². The molecule has 0 bridgehead atoms. The lowest BCUT2D eigenvalue weighted by Gasteiger charge is -2.37. The molecular weight excluding hydrogens is 503 g/mol. The molecule has 0 atom stereocenters. The van der Waals surface area contributed by atoms with E-state index in [2.05, 4.69) is 15.4 Å². The van der Waals surface area contributed by atoms with E-state index >= 15 is 0 Å². The first-order valence-corrected chi connectivity index (χ1v) is 10.1. The fourth-order valence-electron chi connectivity index (χ4n) is 3.61. The zero-order chi connectivity index (χ0) is 20.8. The molecule has 0 spiro atoms. The van der Waals surface area contributed by atoms with Crippen molar-refractivity contribution in [3.63, 3.8) is 0 Å². The van der Waals surface area contributed by atoms with Crippen LogP contribution >= 0.6 is 24.0 Å². The van der Waals surface area contributed by atoms with Crippen molar-refractivity contribution >= 4 is 35.6 Å². The minimum Gasteiger partial charge on any atom is -0.366 e. The minimum atomic E-state index is -0.419. The van der Waals surface area contributed by atoms with Crippen molar-refractivity contribution in [3.05, 3.63) is 46.9 Å². The summed E-state index contributed by atoms with van der Waals surface area (Å²) >= 11 is 0. The molecule has 0 amide bonds. The summed E-state index contributed by atoms with van der Waals surface area (Å²) in [6, 6.07) is 3.59. The van der Waals surface area contributed by atoms with Crippen molar-refractivity contribution in [1.29, 1.82) is 0 Å². The van der Waals surface area contributed by atoms with Crippen molar-refractivity contribution in [1.82, 2.24) is 15.4 Å². The van der Waals surface area contributed by atoms with Gasteiger partial charge in [0.15, 0.2) is 5.96 Å². The first-order valence-electron chi connectivity index (χ1n) is 10.1. The Kier molecular flexibility index (Phi) is 9.32. The van der Waals surface area contributed by atoms with Crippen LogP contribution in [0.3, 0.4) is 0 Å². The van der Waals surface area contributed by atoms with E-state index in [1.165, 1.54) is 12.1 Å². The molecular formula is C21H30F2IN5O. The number of rotatable bonds is 6. The van der Waals surface area contributed by atoms with E-state index in [0.717, 1.165) is 48.4 Å². The van der Waals surface area contributed by atoms with E-state index in [9.17, 15) is 8.78 Å². The van der Waals surface area contributed by atoms with Gasteiger partial charge < -0.3 is 19.6 Å². The molecule has 1 aliphatic heterocycles. The highest BCUT2D eigenvalue weighted by atomic mass is 127. The van der Waals surface area contributed by atoms with Gasteiger partial charge in [-0.1, -0.05) is 5.16 Å². The number of aryl methyl sites for hydroxylation is 2. The third-order valence-electron chi connectivity index (χ3n) is 5.19. The van der Waals surface area contributed by atoms with Crippen LogP contribution in [0.4, 0.5) is 14.5 Å². The van der Waals surface area contributed by atoms with Crippen molar-refractivity contribution < 1.29 is 13.3 Å². The molecule has 2 heterocycles. The highest BCUT2D eigenvalue weighted by Crippen LogP contribution is 2.22. The van der Waals surface area contributed by atoms with Crippen LogP contribution in [0.15, 0.2) is 27.7 Å². The van der Waals surface area contributed by atoms with Gasteiger partial charge in [-0.2, -0.15) is 0 Å². The monoisotopic (exact) mass is 533 g/mol. The Labute approximate surface area is 193 Å². The van der Waals surface area contributed by atoms with Gasteiger partial charge in [-0.15, -0.1) is 24.0 Å². The largest absolute Gasteiger partial charge is 0.366 e. The lowest BCUT2D eigenvalue weighted by Crippen LogP contribution is -2.52. The van der Waals surface area contributed by atoms with Crippen molar-refractivity contribution in [3.8, 4) is 0 Å². The average Bonchev–Trinajstić information content (AvgIpc) is 3.04. The number of anilines is 1. The van der Waals surface area contributed by atoms with Crippen LogP contribution in [-0.2, 0) is 6.42 Å². The third kappa shape index (κ3) is 6.05. The van der Waals surface area contributed by atoms with Crippen LogP contribution in [0.2, 0.25) is 0 Å². The van der Waals surface area contributed by atoms with Gasteiger partial charge in [0.1, 0.15) is 17.4 Å². The van der Waals surface area contributed by atoms with Crippen molar-refractivity contribution in [2.75, 3.05) is 44.2 Å². The Morgan fingerprint density at radius 3 is 2.57 bits per heavy atom. The van der Waals surface area contributed by atoms with Gasteiger partial charge >= 0.3 is 0 Å². The minimum absolute atomic E-state index is 0. The molecule has 166 valence electrons. The Bertz CT molecular complexity index is 830. The molecule has 6 nitrogen and oxygen atoms in total. The van der Waals surface area contributed by atoms with Crippen LogP contribution in [-0.4, -0.2) is 55.3 Å². The normalized spacial score (nSPS) is 14.6. The maximum absolute atomic E-state index is 14.0. The molecule has 1 N–H and O–H groups in total. The molecule has 0 unspecified atom stereocenters. The Morgan fingerprint density at radius 2 is 1.93 bits per heavy atom. The number of nitrogens with zero attached hydrogens (tertiary/aromatic N) is 4. The molecule has 1 aromatic carbocycles. The quantitative estimate of drug-likeness (QED) is 0.264. The zero-order valence-corrected chi connectivity index (χ0v) is 20.1. The molecule has 1 aliphatic rings. The molecule has 0 aliphatic carbocycles. The van der Waals surface area contributed by atoms with Gasteiger partial charge in [-0.25, -0.2) is 8.78 Å². The summed E-state index contributed by atoms with van der Waals surface area (Å²) in [4.78, 5) is 8.81. The summed E-state index contributed by atoms with van der Waals surface area (Å²) in [7, 11) is 0. The lowest BCUT2D eigenvalue weighted by molar-refractivity contribution is 0.370. The van der Waals surface area contributed by atoms with Gasteiger partial charge in [0, 0.05) is 50.9 Å². The smallest absolute Gasteiger partial charge is 0.194 e. The number of piperazine rings is 1. The van der Waals surface area contributed by atoms with Gasteiger partial charge in [0.25, 0.3) is 0 Å². The molecule has 1 fully saturated rings. The molecule has 2 aromatic rings. The van der Waals surface area contributed by atoms with Crippen molar-refractivity contribution in [2.24, 2.45) is 4.99 Å². The predicted octanol–water partition coefficient (Wildman–Crippen LogP) is 3.91. The second kappa shape index (κ2) is 11.5. The SMILES string of the molecule is CCNC(=NCCCc1c(C)noc1C)N1CCN(c2cc(F)ccc2F)CC1.I. The van der Waals surface area contributed by atoms with Gasteiger partial charge in [-0.05, 0) is 45.7 Å². The molecule has 9 heteroatoms. The first-order chi connectivity index (χ1) is 14.0. The molecule has 30 heavy (non-hydrogen) atoms. The van der Waals surface area contributed by atoms with Crippen LogP contribution in [0.5, 0.6) is 0 Å². The number of hydrogen-bond acceptors (Lipinski definition) is 4. The maximum Gasteiger partial charge on any atom is 0.194 e. The zero-order valence-electron chi connectivity index (χ0n) is 17.8. The summed E-state index contributed by atoms with van der Waals surface area (Å²) in [6.07, 6.45) is 1.79. The van der Waals surface area contributed by atoms with Crippen LogP contribution in [0.25, 0.3) is 0 Å². The second-order valence-electron chi connectivity index (χ2n) is 7.21. The average molecular weight is 533 g/mol. The molecule has 3 rings (SSSR count). The van der Waals surface area contributed by atoms with E-state index in [-0.39, 0.29) is 29.8 Å². The topological polar surface area (TPSA) is 56.9 Å². The Balaban J connectivity index is 0.00000320. The molecule has 0 radical (unpaired) electrons. The number of halogens is 3. The number of benzene rings is 1. The Morgan fingerprint density at radius 1 is 1.20 bits per heavy atom. The summed E-state index contributed by atoms with van der Waals surface area (Å²) in [5, 5.41) is 7.33. The van der Waals surface area contributed by atoms with Crippen LogP contribution in [0, 0.1) is 25.5 Å². The highest BCUT2D eigenvalue weighted by molar-refractivity contribution is 14.0. The second-order valence-corrected chi connectivity index (χ2v) is 7.21. The van der Waals surface area contributed by atoms with E-state index in [1.807, 2.05) is 25.7 Å². The number of guanidine groups is 1. The van der Waals surface area contributed by atoms with Gasteiger partial charge in [0.2, 0.25) is 0 Å². The van der Waals surface area contributed by atoms with Crippen LogP contribution < -0.4 is 10.2 Å². The van der Waals surface area contributed by atoms with Gasteiger partial charge in [0.05, 0.1) is 11.4 Å². The fourth-order valence-corrected chi connectivity index (χ4v) is 3.61. The number of nitrogens with one attached hydrogen (secondary N) is 1. The molecule has 1 saturated heterocycles.